The Balaban J connectivity index is 2.12. The Morgan fingerprint density at radius 2 is 2.11 bits per heavy atom. The second-order valence-corrected chi connectivity index (χ2v) is 4.73. The fraction of sp³-hybridized carbons (Fsp3) is 0.500. The third kappa shape index (κ3) is 3.58. The molecule has 0 amide bonds. The van der Waals surface area contributed by atoms with Gasteiger partial charge in [-0.3, -0.25) is 0 Å². The van der Waals surface area contributed by atoms with Crippen molar-refractivity contribution in [2.45, 2.75) is 33.4 Å². The number of nitrogens with one attached hydrogen (secondary N) is 1. The zero-order valence-electron chi connectivity index (χ0n) is 12.0. The lowest BCUT2D eigenvalue weighted by Crippen LogP contribution is -2.13. The van der Waals surface area contributed by atoms with E-state index in [0.29, 0.717) is 0 Å². The van der Waals surface area contributed by atoms with E-state index in [2.05, 4.69) is 47.3 Å². The average Bonchev–Trinajstić information content (AvgIpc) is 2.84. The largest absolute Gasteiger partial charge is 0.380 e. The van der Waals surface area contributed by atoms with Crippen LogP contribution in [0.15, 0.2) is 30.5 Å². The van der Waals surface area contributed by atoms with Crippen LogP contribution in [0.1, 0.15) is 25.8 Å². The van der Waals surface area contributed by atoms with Crippen molar-refractivity contribution in [3.05, 3.63) is 36.0 Å². The molecule has 1 aromatic heterocycles. The van der Waals surface area contributed by atoms with Gasteiger partial charge in [0, 0.05) is 36.8 Å². The molecular weight excluding hydrogens is 236 g/mol. The monoisotopic (exact) mass is 260 g/mol. The van der Waals surface area contributed by atoms with Gasteiger partial charge in [-0.25, -0.2) is 0 Å². The molecule has 0 atom stereocenters. The van der Waals surface area contributed by atoms with E-state index in [9.17, 15) is 0 Å². The highest BCUT2D eigenvalue weighted by atomic mass is 16.5. The summed E-state index contributed by atoms with van der Waals surface area (Å²) in [6, 6.07) is 8.75. The molecule has 0 unspecified atom stereocenters. The molecule has 0 aliphatic carbocycles. The van der Waals surface area contributed by atoms with Crippen LogP contribution in [0.4, 0.5) is 0 Å². The number of ether oxygens (including phenoxy) is 1. The molecule has 3 nitrogen and oxygen atoms in total. The lowest BCUT2D eigenvalue weighted by atomic mass is 10.1. The smallest absolute Gasteiger partial charge is 0.0645 e. The van der Waals surface area contributed by atoms with Gasteiger partial charge >= 0.3 is 0 Å². The van der Waals surface area contributed by atoms with Crippen molar-refractivity contribution in [1.82, 2.24) is 9.88 Å². The number of benzene rings is 1. The summed E-state index contributed by atoms with van der Waals surface area (Å²) >= 11 is 0. The Labute approximate surface area is 115 Å². The third-order valence-corrected chi connectivity index (χ3v) is 3.33. The zero-order chi connectivity index (χ0) is 13.5. The Kier molecular flexibility index (Phi) is 5.43. The van der Waals surface area contributed by atoms with Crippen LogP contribution in [0.2, 0.25) is 0 Å². The van der Waals surface area contributed by atoms with Crippen LogP contribution >= 0.6 is 0 Å². The standard InChI is InChI=1S/C16H24N2O/c1-3-9-17-13-14-6-5-7-16-15(14)8-10-18(16)11-12-19-4-2/h5-8,10,17H,3-4,9,11-13H2,1-2H3. The first-order chi connectivity index (χ1) is 9.36. The van der Waals surface area contributed by atoms with Gasteiger partial charge in [-0.15, -0.1) is 0 Å². The van der Waals surface area contributed by atoms with Crippen LogP contribution in [-0.2, 0) is 17.8 Å². The van der Waals surface area contributed by atoms with Crippen LogP contribution in [0.3, 0.4) is 0 Å². The quantitative estimate of drug-likeness (QED) is 0.738. The fourth-order valence-corrected chi connectivity index (χ4v) is 2.34. The van der Waals surface area contributed by atoms with Crippen molar-refractivity contribution in [3.8, 4) is 0 Å². The normalized spacial score (nSPS) is 11.3. The lowest BCUT2D eigenvalue weighted by molar-refractivity contribution is 0.140. The van der Waals surface area contributed by atoms with Gasteiger partial charge in [0.05, 0.1) is 6.61 Å². The first-order valence-corrected chi connectivity index (χ1v) is 7.22. The highest BCUT2D eigenvalue weighted by Crippen LogP contribution is 2.20. The third-order valence-electron chi connectivity index (χ3n) is 3.33. The summed E-state index contributed by atoms with van der Waals surface area (Å²) in [6.45, 7) is 8.72. The van der Waals surface area contributed by atoms with Crippen LogP contribution in [-0.4, -0.2) is 24.3 Å². The van der Waals surface area contributed by atoms with Crippen molar-refractivity contribution >= 4 is 10.9 Å². The van der Waals surface area contributed by atoms with Gasteiger partial charge in [0.1, 0.15) is 0 Å². The Hall–Kier alpha value is -1.32. The molecule has 1 aromatic carbocycles. The minimum absolute atomic E-state index is 0.776. The van der Waals surface area contributed by atoms with Gasteiger partial charge in [0.2, 0.25) is 0 Å². The van der Waals surface area contributed by atoms with Crippen molar-refractivity contribution in [1.29, 1.82) is 0 Å². The maximum atomic E-state index is 5.43. The molecule has 0 aliphatic rings. The lowest BCUT2D eigenvalue weighted by Gasteiger charge is -2.08. The van der Waals surface area contributed by atoms with Gasteiger partial charge < -0.3 is 14.6 Å². The van der Waals surface area contributed by atoms with E-state index in [1.54, 1.807) is 0 Å². The number of hydrogen-bond acceptors (Lipinski definition) is 2. The van der Waals surface area contributed by atoms with E-state index in [1.165, 1.54) is 22.9 Å². The SMILES string of the molecule is CCCNCc1cccc2c1ccn2CCOCC. The second-order valence-electron chi connectivity index (χ2n) is 4.73. The van der Waals surface area contributed by atoms with Gasteiger partial charge in [-0.1, -0.05) is 19.1 Å². The van der Waals surface area contributed by atoms with Gasteiger partial charge in [-0.2, -0.15) is 0 Å². The van der Waals surface area contributed by atoms with Crippen molar-refractivity contribution < 1.29 is 4.74 Å². The van der Waals surface area contributed by atoms with Crippen molar-refractivity contribution in [2.75, 3.05) is 19.8 Å². The predicted octanol–water partition coefficient (Wildman–Crippen LogP) is 3.18. The van der Waals surface area contributed by atoms with Crippen LogP contribution in [0.25, 0.3) is 10.9 Å². The zero-order valence-corrected chi connectivity index (χ0v) is 12.0. The summed E-state index contributed by atoms with van der Waals surface area (Å²) in [4.78, 5) is 0. The topological polar surface area (TPSA) is 26.2 Å². The first-order valence-electron chi connectivity index (χ1n) is 7.22. The molecule has 1 heterocycles. The summed E-state index contributed by atoms with van der Waals surface area (Å²) in [7, 11) is 0. The minimum atomic E-state index is 0.776. The molecule has 0 spiro atoms. The molecule has 1 N–H and O–H groups in total. The molecule has 0 saturated heterocycles. The van der Waals surface area contributed by atoms with Crippen molar-refractivity contribution in [3.63, 3.8) is 0 Å². The van der Waals surface area contributed by atoms with E-state index < -0.39 is 0 Å². The Bertz CT molecular complexity index is 504. The molecule has 2 aromatic rings. The molecule has 3 heteroatoms. The molecule has 104 valence electrons. The van der Waals surface area contributed by atoms with Gasteiger partial charge in [0.25, 0.3) is 0 Å². The van der Waals surface area contributed by atoms with Gasteiger partial charge in [0.15, 0.2) is 0 Å². The van der Waals surface area contributed by atoms with E-state index in [0.717, 1.165) is 32.8 Å². The number of aromatic nitrogens is 1. The number of fused-ring (bicyclic) bond motifs is 1. The van der Waals surface area contributed by atoms with Gasteiger partial charge in [-0.05, 0) is 37.6 Å². The maximum absolute atomic E-state index is 5.43. The molecule has 0 saturated carbocycles. The summed E-state index contributed by atoms with van der Waals surface area (Å²) in [6.07, 6.45) is 3.33. The molecule has 0 bridgehead atoms. The van der Waals surface area contributed by atoms with E-state index in [1.807, 2.05) is 6.92 Å². The summed E-state index contributed by atoms with van der Waals surface area (Å²) in [5.74, 6) is 0. The molecule has 0 aliphatic heterocycles. The second kappa shape index (κ2) is 7.31. The number of hydrogen-bond donors (Lipinski definition) is 1. The predicted molar refractivity (Wildman–Crippen MR) is 80.4 cm³/mol. The Morgan fingerprint density at radius 3 is 2.89 bits per heavy atom. The van der Waals surface area contributed by atoms with Crippen LogP contribution in [0.5, 0.6) is 0 Å². The minimum Gasteiger partial charge on any atom is -0.380 e. The maximum Gasteiger partial charge on any atom is 0.0645 e. The Morgan fingerprint density at radius 1 is 1.21 bits per heavy atom. The van der Waals surface area contributed by atoms with E-state index in [4.69, 9.17) is 4.74 Å². The molecule has 2 rings (SSSR count). The fourth-order valence-electron chi connectivity index (χ4n) is 2.34. The first kappa shape index (κ1) is 14.1. The molecule has 0 radical (unpaired) electrons. The number of nitrogens with zero attached hydrogens (tertiary/aromatic N) is 1. The summed E-state index contributed by atoms with van der Waals surface area (Å²) < 4.78 is 7.70. The average molecular weight is 260 g/mol. The molecular formula is C16H24N2O. The number of rotatable bonds is 8. The van der Waals surface area contributed by atoms with Crippen LogP contribution < -0.4 is 5.32 Å². The summed E-state index contributed by atoms with van der Waals surface area (Å²) in [5, 5.41) is 4.82. The van der Waals surface area contributed by atoms with E-state index >= 15 is 0 Å². The summed E-state index contributed by atoms with van der Waals surface area (Å²) in [5.41, 5.74) is 2.68. The van der Waals surface area contributed by atoms with Crippen LogP contribution in [0, 0.1) is 0 Å². The van der Waals surface area contributed by atoms with Crippen molar-refractivity contribution in [2.24, 2.45) is 0 Å². The molecule has 0 fully saturated rings. The van der Waals surface area contributed by atoms with E-state index in [-0.39, 0.29) is 0 Å². The highest BCUT2D eigenvalue weighted by molar-refractivity contribution is 5.83. The highest BCUT2D eigenvalue weighted by Gasteiger charge is 2.05. The molecule has 19 heavy (non-hydrogen) atoms.